The lowest BCUT2D eigenvalue weighted by molar-refractivity contribution is -0.0623. The lowest BCUT2D eigenvalue weighted by atomic mass is 9.70. The molecule has 0 bridgehead atoms. The molecule has 1 aromatic rings. The fourth-order valence-corrected chi connectivity index (χ4v) is 4.04. The van der Waals surface area contributed by atoms with Gasteiger partial charge in [0, 0.05) is 12.0 Å². The quantitative estimate of drug-likeness (QED) is 0.756. The first-order valence-corrected chi connectivity index (χ1v) is 7.04. The SMILES string of the molecule is CC1CC(C)CC2(C1)C[C@H](O)c1ccccc1O2. The number of hydrogen-bond donors (Lipinski definition) is 1. The molecule has 2 nitrogen and oxygen atoms in total. The number of aliphatic hydroxyl groups excluding tert-OH is 1. The van der Waals surface area contributed by atoms with Crippen molar-refractivity contribution in [2.45, 2.75) is 51.2 Å². The number of ether oxygens (including phenoxy) is 1. The van der Waals surface area contributed by atoms with E-state index in [1.165, 1.54) is 6.42 Å². The summed E-state index contributed by atoms with van der Waals surface area (Å²) in [5.74, 6) is 2.26. The van der Waals surface area contributed by atoms with Crippen LogP contribution in [-0.2, 0) is 0 Å². The Morgan fingerprint density at radius 3 is 2.50 bits per heavy atom. The highest BCUT2D eigenvalue weighted by Gasteiger charge is 2.44. The van der Waals surface area contributed by atoms with Crippen LogP contribution < -0.4 is 4.74 Å². The molecule has 2 heteroatoms. The highest BCUT2D eigenvalue weighted by atomic mass is 16.5. The fourth-order valence-electron chi connectivity index (χ4n) is 4.04. The fraction of sp³-hybridized carbons (Fsp3) is 0.625. The summed E-state index contributed by atoms with van der Waals surface area (Å²) in [5, 5.41) is 10.4. The Kier molecular flexibility index (Phi) is 2.86. The van der Waals surface area contributed by atoms with E-state index in [1.807, 2.05) is 24.3 Å². The molecule has 1 N–H and O–H groups in total. The monoisotopic (exact) mass is 246 g/mol. The summed E-state index contributed by atoms with van der Waals surface area (Å²) in [4.78, 5) is 0. The van der Waals surface area contributed by atoms with Gasteiger partial charge in [-0.3, -0.25) is 0 Å². The van der Waals surface area contributed by atoms with Gasteiger partial charge in [-0.15, -0.1) is 0 Å². The van der Waals surface area contributed by atoms with Crippen molar-refractivity contribution in [2.24, 2.45) is 11.8 Å². The largest absolute Gasteiger partial charge is 0.487 e. The number of fused-ring (bicyclic) bond motifs is 1. The maximum Gasteiger partial charge on any atom is 0.125 e. The molecule has 1 saturated carbocycles. The molecule has 1 aliphatic heterocycles. The summed E-state index contributed by atoms with van der Waals surface area (Å²) in [6.45, 7) is 4.60. The minimum Gasteiger partial charge on any atom is -0.487 e. The van der Waals surface area contributed by atoms with Crippen molar-refractivity contribution in [2.75, 3.05) is 0 Å². The number of rotatable bonds is 0. The minimum absolute atomic E-state index is 0.134. The van der Waals surface area contributed by atoms with Crippen LogP contribution in [0, 0.1) is 11.8 Å². The van der Waals surface area contributed by atoms with E-state index in [1.54, 1.807) is 0 Å². The first-order valence-electron chi connectivity index (χ1n) is 7.04. The number of hydrogen-bond acceptors (Lipinski definition) is 2. The molecular weight excluding hydrogens is 224 g/mol. The van der Waals surface area contributed by atoms with Crippen molar-refractivity contribution < 1.29 is 9.84 Å². The lowest BCUT2D eigenvalue weighted by Gasteiger charge is -2.47. The van der Waals surface area contributed by atoms with Gasteiger partial charge in [0.25, 0.3) is 0 Å². The van der Waals surface area contributed by atoms with E-state index in [-0.39, 0.29) is 11.7 Å². The number of benzene rings is 1. The van der Waals surface area contributed by atoms with Crippen LogP contribution in [0.3, 0.4) is 0 Å². The summed E-state index contributed by atoms with van der Waals surface area (Å²) in [5.41, 5.74) is 0.819. The molecule has 0 saturated heterocycles. The molecule has 1 aliphatic carbocycles. The average Bonchev–Trinajstić information content (AvgIpc) is 2.26. The second-order valence-electron chi connectivity index (χ2n) is 6.40. The molecule has 0 aromatic heterocycles. The Labute approximate surface area is 109 Å². The topological polar surface area (TPSA) is 29.5 Å². The van der Waals surface area contributed by atoms with Crippen molar-refractivity contribution in [3.63, 3.8) is 0 Å². The Bertz CT molecular complexity index is 430. The Balaban J connectivity index is 1.93. The third-order valence-electron chi connectivity index (χ3n) is 4.42. The standard InChI is InChI=1S/C16H22O2/c1-11-7-12(2)9-16(8-11)10-14(17)13-5-3-4-6-15(13)18-16/h3-6,11-12,14,17H,7-10H2,1-2H3/t11?,12?,14-,16?/m0/s1. The summed E-state index contributed by atoms with van der Waals surface area (Å²) in [6, 6.07) is 7.92. The van der Waals surface area contributed by atoms with Gasteiger partial charge in [-0.1, -0.05) is 32.0 Å². The first kappa shape index (κ1) is 12.0. The van der Waals surface area contributed by atoms with Gasteiger partial charge in [0.15, 0.2) is 0 Å². The molecule has 3 rings (SSSR count). The van der Waals surface area contributed by atoms with Crippen LogP contribution >= 0.6 is 0 Å². The van der Waals surface area contributed by atoms with E-state index < -0.39 is 0 Å². The normalized spacial score (nSPS) is 39.2. The molecule has 2 unspecified atom stereocenters. The van der Waals surface area contributed by atoms with Crippen LogP contribution in [0.2, 0.25) is 0 Å². The third kappa shape index (κ3) is 2.03. The van der Waals surface area contributed by atoms with Gasteiger partial charge in [0.2, 0.25) is 0 Å². The molecule has 1 fully saturated rings. The second kappa shape index (κ2) is 4.27. The van der Waals surface area contributed by atoms with Gasteiger partial charge in [0.05, 0.1) is 6.10 Å². The van der Waals surface area contributed by atoms with Crippen LogP contribution in [-0.4, -0.2) is 10.7 Å². The zero-order chi connectivity index (χ0) is 12.8. The molecule has 3 atom stereocenters. The first-order chi connectivity index (χ1) is 8.58. The van der Waals surface area contributed by atoms with E-state index in [4.69, 9.17) is 4.74 Å². The minimum atomic E-state index is -0.368. The van der Waals surface area contributed by atoms with Crippen LogP contribution in [0.15, 0.2) is 24.3 Å². The van der Waals surface area contributed by atoms with E-state index in [2.05, 4.69) is 13.8 Å². The van der Waals surface area contributed by atoms with Crippen molar-refractivity contribution in [3.8, 4) is 5.75 Å². The Morgan fingerprint density at radius 1 is 1.11 bits per heavy atom. The van der Waals surface area contributed by atoms with Crippen molar-refractivity contribution in [1.82, 2.24) is 0 Å². The van der Waals surface area contributed by atoms with Crippen LogP contribution in [0.1, 0.15) is 51.2 Å². The Morgan fingerprint density at radius 2 is 1.78 bits per heavy atom. The van der Waals surface area contributed by atoms with Crippen LogP contribution in [0.25, 0.3) is 0 Å². The second-order valence-corrected chi connectivity index (χ2v) is 6.40. The zero-order valence-corrected chi connectivity index (χ0v) is 11.2. The van der Waals surface area contributed by atoms with Gasteiger partial charge < -0.3 is 9.84 Å². The molecule has 1 aromatic carbocycles. The van der Waals surface area contributed by atoms with Crippen molar-refractivity contribution in [1.29, 1.82) is 0 Å². The van der Waals surface area contributed by atoms with Gasteiger partial charge in [-0.25, -0.2) is 0 Å². The van der Waals surface area contributed by atoms with Gasteiger partial charge in [0.1, 0.15) is 11.4 Å². The Hall–Kier alpha value is -1.02. The smallest absolute Gasteiger partial charge is 0.125 e. The molecule has 98 valence electrons. The average molecular weight is 246 g/mol. The third-order valence-corrected chi connectivity index (χ3v) is 4.42. The summed E-state index contributed by atoms with van der Waals surface area (Å²) in [7, 11) is 0. The van der Waals surface area contributed by atoms with Gasteiger partial charge in [-0.05, 0) is 37.2 Å². The molecule has 1 heterocycles. The molecule has 0 amide bonds. The summed E-state index contributed by atoms with van der Waals surface area (Å²) in [6.07, 6.45) is 3.81. The maximum absolute atomic E-state index is 10.4. The highest BCUT2D eigenvalue weighted by Crippen LogP contribution is 2.48. The van der Waals surface area contributed by atoms with Gasteiger partial charge >= 0.3 is 0 Å². The molecule has 18 heavy (non-hydrogen) atoms. The zero-order valence-electron chi connectivity index (χ0n) is 11.2. The number of para-hydroxylation sites is 1. The van der Waals surface area contributed by atoms with E-state index in [0.717, 1.165) is 30.6 Å². The van der Waals surface area contributed by atoms with Crippen LogP contribution in [0.4, 0.5) is 0 Å². The molecule has 2 aliphatic rings. The van der Waals surface area contributed by atoms with E-state index >= 15 is 0 Å². The predicted octanol–water partition coefficient (Wildman–Crippen LogP) is 3.70. The van der Waals surface area contributed by atoms with Crippen molar-refractivity contribution >= 4 is 0 Å². The van der Waals surface area contributed by atoms with E-state index in [9.17, 15) is 5.11 Å². The van der Waals surface area contributed by atoms with Crippen molar-refractivity contribution in [3.05, 3.63) is 29.8 Å². The highest BCUT2D eigenvalue weighted by molar-refractivity contribution is 5.38. The molecule has 1 spiro atoms. The van der Waals surface area contributed by atoms with E-state index in [0.29, 0.717) is 11.8 Å². The predicted molar refractivity (Wildman–Crippen MR) is 71.6 cm³/mol. The summed E-state index contributed by atoms with van der Waals surface area (Å²) >= 11 is 0. The summed E-state index contributed by atoms with van der Waals surface area (Å²) < 4.78 is 6.31. The number of aliphatic hydroxyl groups is 1. The van der Waals surface area contributed by atoms with Gasteiger partial charge in [-0.2, -0.15) is 0 Å². The molecule has 0 radical (unpaired) electrons. The maximum atomic E-state index is 10.4. The van der Waals surface area contributed by atoms with Crippen LogP contribution in [0.5, 0.6) is 5.75 Å². The lowest BCUT2D eigenvalue weighted by Crippen LogP contribution is -2.46. The molecular formula is C16H22O2.